The Labute approximate surface area is 155 Å². The molecule has 1 aliphatic heterocycles. The largest absolute Gasteiger partial charge is 0.355 e. The van der Waals surface area contributed by atoms with Crippen LogP contribution in [0.1, 0.15) is 37.4 Å². The normalized spacial score (nSPS) is 17.4. The van der Waals surface area contributed by atoms with Crippen molar-refractivity contribution in [1.29, 1.82) is 0 Å². The summed E-state index contributed by atoms with van der Waals surface area (Å²) in [5, 5.41) is 2.85. The molecule has 1 atom stereocenters. The van der Waals surface area contributed by atoms with E-state index >= 15 is 0 Å². The zero-order valence-corrected chi connectivity index (χ0v) is 15.0. The highest BCUT2D eigenvalue weighted by atomic mass is 19.3. The first kappa shape index (κ1) is 19.2. The van der Waals surface area contributed by atoms with Crippen molar-refractivity contribution in [3.63, 3.8) is 0 Å². The van der Waals surface area contributed by atoms with Gasteiger partial charge in [-0.05, 0) is 31.9 Å². The van der Waals surface area contributed by atoms with Gasteiger partial charge in [-0.1, -0.05) is 24.3 Å². The molecule has 0 bridgehead atoms. The van der Waals surface area contributed by atoms with Gasteiger partial charge in [-0.25, -0.2) is 13.8 Å². The number of carbonyl (C=O) groups is 1. The zero-order chi connectivity index (χ0) is 19.4. The third kappa shape index (κ3) is 4.39. The Morgan fingerprint density at radius 1 is 1.41 bits per heavy atom. The van der Waals surface area contributed by atoms with E-state index in [1.165, 1.54) is 0 Å². The Morgan fingerprint density at radius 2 is 2.19 bits per heavy atom. The number of rotatable bonds is 6. The van der Waals surface area contributed by atoms with Gasteiger partial charge >= 0.3 is 0 Å². The minimum atomic E-state index is -2.82. The summed E-state index contributed by atoms with van der Waals surface area (Å²) >= 11 is 0. The number of nitrogens with one attached hydrogen (secondary N) is 2. The Morgan fingerprint density at radius 3 is 2.93 bits per heavy atom. The van der Waals surface area contributed by atoms with Crippen LogP contribution in [-0.4, -0.2) is 39.9 Å². The van der Waals surface area contributed by atoms with Crippen LogP contribution in [0.3, 0.4) is 0 Å². The fourth-order valence-corrected chi connectivity index (χ4v) is 3.43. The maximum Gasteiger partial charge on any atom is 0.280 e. The fraction of sp³-hybridized carbons (Fsp3) is 0.421. The average molecular weight is 376 g/mol. The van der Waals surface area contributed by atoms with Gasteiger partial charge in [0.15, 0.2) is 0 Å². The number of aromatic amines is 1. The van der Waals surface area contributed by atoms with Crippen LogP contribution in [0.5, 0.6) is 0 Å². The standard InChI is InChI=1S/C19H22F2N4O2/c1-2-22-19(27)15-8-5-9-25(15)11-12-6-3-4-7-13(12)18-23-14(17(20)21)10-16(26)24-18/h3-4,6-7,10,15,17H,2,5,8-9,11H2,1H3,(H,22,27)(H,23,24,26)/t15-/m0/s1. The molecule has 0 saturated carbocycles. The van der Waals surface area contributed by atoms with Crippen molar-refractivity contribution in [2.24, 2.45) is 0 Å². The smallest absolute Gasteiger partial charge is 0.280 e. The van der Waals surface area contributed by atoms with E-state index in [0.717, 1.165) is 31.0 Å². The van der Waals surface area contributed by atoms with Crippen LogP contribution in [0.25, 0.3) is 11.4 Å². The lowest BCUT2D eigenvalue weighted by Crippen LogP contribution is -2.42. The number of carbonyl (C=O) groups excluding carboxylic acids is 1. The van der Waals surface area contributed by atoms with Gasteiger partial charge in [-0.15, -0.1) is 0 Å². The van der Waals surface area contributed by atoms with Crippen molar-refractivity contribution >= 4 is 5.91 Å². The number of likely N-dealkylation sites (N-methyl/N-ethyl adjacent to an activating group) is 1. The van der Waals surface area contributed by atoms with Crippen molar-refractivity contribution in [2.75, 3.05) is 13.1 Å². The van der Waals surface area contributed by atoms with Crippen molar-refractivity contribution in [1.82, 2.24) is 20.2 Å². The topological polar surface area (TPSA) is 78.1 Å². The van der Waals surface area contributed by atoms with E-state index in [2.05, 4.69) is 20.2 Å². The minimum Gasteiger partial charge on any atom is -0.355 e. The van der Waals surface area contributed by atoms with Gasteiger partial charge in [0.25, 0.3) is 12.0 Å². The molecule has 1 aromatic heterocycles. The number of aromatic nitrogens is 2. The summed E-state index contributed by atoms with van der Waals surface area (Å²) in [5.41, 5.74) is 0.235. The fourth-order valence-electron chi connectivity index (χ4n) is 3.43. The maximum absolute atomic E-state index is 13.0. The first-order valence-corrected chi connectivity index (χ1v) is 8.99. The molecule has 6 nitrogen and oxygen atoms in total. The Balaban J connectivity index is 1.91. The molecule has 2 heterocycles. The number of likely N-dealkylation sites (tertiary alicyclic amines) is 1. The molecular weight excluding hydrogens is 354 g/mol. The quantitative estimate of drug-likeness (QED) is 0.812. The summed E-state index contributed by atoms with van der Waals surface area (Å²) < 4.78 is 26.0. The molecular formula is C19H22F2N4O2. The molecule has 27 heavy (non-hydrogen) atoms. The molecule has 144 valence electrons. The van der Waals surface area contributed by atoms with Crippen LogP contribution in [-0.2, 0) is 11.3 Å². The molecule has 1 aromatic carbocycles. The number of benzene rings is 1. The average Bonchev–Trinajstić information content (AvgIpc) is 3.10. The van der Waals surface area contributed by atoms with Crippen LogP contribution in [0.2, 0.25) is 0 Å². The van der Waals surface area contributed by atoms with Gasteiger partial charge in [0, 0.05) is 24.7 Å². The summed E-state index contributed by atoms with van der Waals surface area (Å²) in [7, 11) is 0. The molecule has 0 spiro atoms. The number of amides is 1. The van der Waals surface area contributed by atoms with Gasteiger partial charge in [0.05, 0.1) is 6.04 Å². The van der Waals surface area contributed by atoms with Gasteiger partial charge in [0.1, 0.15) is 11.5 Å². The molecule has 1 fully saturated rings. The second-order valence-electron chi connectivity index (χ2n) is 6.50. The van der Waals surface area contributed by atoms with E-state index in [4.69, 9.17) is 0 Å². The van der Waals surface area contributed by atoms with Crippen molar-refractivity contribution in [3.05, 3.63) is 51.9 Å². The number of nitrogens with zero attached hydrogens (tertiary/aromatic N) is 2. The molecule has 1 saturated heterocycles. The second-order valence-corrected chi connectivity index (χ2v) is 6.50. The lowest BCUT2D eigenvalue weighted by Gasteiger charge is -2.24. The Kier molecular flexibility index (Phi) is 5.95. The number of alkyl halides is 2. The molecule has 3 rings (SSSR count). The number of hydrogen-bond acceptors (Lipinski definition) is 4. The maximum atomic E-state index is 13.0. The zero-order valence-electron chi connectivity index (χ0n) is 15.0. The molecule has 0 radical (unpaired) electrons. The number of H-pyrrole nitrogens is 1. The van der Waals surface area contributed by atoms with Crippen molar-refractivity contribution in [2.45, 2.75) is 38.8 Å². The number of halogens is 2. The van der Waals surface area contributed by atoms with Gasteiger partial charge in [-0.2, -0.15) is 0 Å². The third-order valence-corrected chi connectivity index (χ3v) is 4.65. The predicted octanol–water partition coefficient (Wildman–Crippen LogP) is 2.47. The highest BCUT2D eigenvalue weighted by molar-refractivity contribution is 5.82. The van der Waals surface area contributed by atoms with Crippen molar-refractivity contribution in [3.8, 4) is 11.4 Å². The van der Waals surface area contributed by atoms with E-state index in [9.17, 15) is 18.4 Å². The summed E-state index contributed by atoms with van der Waals surface area (Å²) in [5.74, 6) is 0.112. The SMILES string of the molecule is CCNC(=O)[C@@H]1CCCN1Cc1ccccc1-c1nc(C(F)F)cc(=O)[nH]1. The van der Waals surface area contributed by atoms with Gasteiger partial charge in [-0.3, -0.25) is 14.5 Å². The monoisotopic (exact) mass is 376 g/mol. The van der Waals surface area contributed by atoms with E-state index < -0.39 is 17.7 Å². The minimum absolute atomic E-state index is 0.00119. The van der Waals surface area contributed by atoms with Gasteiger partial charge < -0.3 is 10.3 Å². The van der Waals surface area contributed by atoms with E-state index in [1.807, 2.05) is 19.1 Å². The molecule has 0 aliphatic carbocycles. The van der Waals surface area contributed by atoms with Crippen LogP contribution in [0, 0.1) is 0 Å². The van der Waals surface area contributed by atoms with Crippen molar-refractivity contribution < 1.29 is 13.6 Å². The summed E-state index contributed by atoms with van der Waals surface area (Å²) in [6.07, 6.45) is -1.12. The van der Waals surface area contributed by atoms with Crippen LogP contribution < -0.4 is 10.9 Å². The molecule has 8 heteroatoms. The summed E-state index contributed by atoms with van der Waals surface area (Å²) in [6.45, 7) is 3.70. The Hall–Kier alpha value is -2.61. The highest BCUT2D eigenvalue weighted by Crippen LogP contribution is 2.26. The molecule has 2 aromatic rings. The second kappa shape index (κ2) is 8.39. The van der Waals surface area contributed by atoms with E-state index in [-0.39, 0.29) is 17.8 Å². The number of hydrogen-bond donors (Lipinski definition) is 2. The molecule has 1 aliphatic rings. The third-order valence-electron chi connectivity index (χ3n) is 4.65. The molecule has 0 unspecified atom stereocenters. The highest BCUT2D eigenvalue weighted by Gasteiger charge is 2.30. The first-order chi connectivity index (χ1) is 13.0. The lowest BCUT2D eigenvalue weighted by molar-refractivity contribution is -0.125. The first-order valence-electron chi connectivity index (χ1n) is 8.99. The summed E-state index contributed by atoms with van der Waals surface area (Å²) in [6, 6.07) is 7.79. The van der Waals surface area contributed by atoms with Gasteiger partial charge in [0.2, 0.25) is 5.91 Å². The van der Waals surface area contributed by atoms with Crippen LogP contribution >= 0.6 is 0 Å². The Bertz CT molecular complexity index is 869. The molecule has 2 N–H and O–H groups in total. The van der Waals surface area contributed by atoms with Crippen LogP contribution in [0.4, 0.5) is 8.78 Å². The van der Waals surface area contributed by atoms with E-state index in [0.29, 0.717) is 18.7 Å². The molecule has 1 amide bonds. The predicted molar refractivity (Wildman–Crippen MR) is 97.4 cm³/mol. The van der Waals surface area contributed by atoms with Crippen LogP contribution in [0.15, 0.2) is 35.1 Å². The van der Waals surface area contributed by atoms with E-state index in [1.54, 1.807) is 12.1 Å². The summed E-state index contributed by atoms with van der Waals surface area (Å²) in [4.78, 5) is 32.6. The lowest BCUT2D eigenvalue weighted by atomic mass is 10.1.